The van der Waals surface area contributed by atoms with Crippen LogP contribution in [0.4, 0.5) is 5.13 Å². The van der Waals surface area contributed by atoms with E-state index in [4.69, 9.17) is 4.42 Å². The van der Waals surface area contributed by atoms with E-state index in [1.165, 1.54) is 11.3 Å². The van der Waals surface area contributed by atoms with Crippen LogP contribution in [0.5, 0.6) is 0 Å². The van der Waals surface area contributed by atoms with E-state index in [1.807, 2.05) is 54.8 Å². The van der Waals surface area contributed by atoms with Crippen LogP contribution in [0, 0.1) is 6.92 Å². The quantitative estimate of drug-likeness (QED) is 0.578. The van der Waals surface area contributed by atoms with Crippen LogP contribution >= 0.6 is 11.3 Å². The number of aromatic nitrogens is 1. The maximum Gasteiger partial charge on any atom is 0.203 e. The summed E-state index contributed by atoms with van der Waals surface area (Å²) >= 11 is 1.52. The average Bonchev–Trinajstić information content (AvgIpc) is 3.09. The second-order valence-corrected chi connectivity index (χ2v) is 5.08. The maximum absolute atomic E-state index is 5.39. The molecule has 1 N–H and O–H groups in total. The molecule has 0 atom stereocenters. The van der Waals surface area contributed by atoms with Crippen molar-refractivity contribution in [3.63, 3.8) is 0 Å². The number of nitrogens with one attached hydrogen (secondary N) is 1. The van der Waals surface area contributed by atoms with Crippen molar-refractivity contribution in [3.05, 3.63) is 59.4 Å². The molecule has 0 aliphatic heterocycles. The molecular formula is C15H13N3OS. The Morgan fingerprint density at radius 3 is 2.80 bits per heavy atom. The number of aryl methyl sites for hydroxylation is 1. The van der Waals surface area contributed by atoms with E-state index in [1.54, 1.807) is 6.21 Å². The van der Waals surface area contributed by atoms with Gasteiger partial charge in [-0.25, -0.2) is 4.98 Å². The van der Waals surface area contributed by atoms with Gasteiger partial charge in [0.15, 0.2) is 0 Å². The number of hydrogen-bond acceptors (Lipinski definition) is 5. The van der Waals surface area contributed by atoms with Crippen LogP contribution < -0.4 is 5.43 Å². The molecule has 4 nitrogen and oxygen atoms in total. The fraction of sp³-hybridized carbons (Fsp3) is 0.0667. The lowest BCUT2D eigenvalue weighted by molar-refractivity contribution is 0.528. The number of furan rings is 1. The van der Waals surface area contributed by atoms with Gasteiger partial charge in [-0.1, -0.05) is 30.3 Å². The molecule has 100 valence electrons. The predicted molar refractivity (Wildman–Crippen MR) is 82.2 cm³/mol. The van der Waals surface area contributed by atoms with Crippen LogP contribution in [0.15, 0.2) is 57.4 Å². The number of hydrogen-bond donors (Lipinski definition) is 1. The second kappa shape index (κ2) is 5.71. The van der Waals surface area contributed by atoms with Crippen molar-refractivity contribution >= 4 is 22.7 Å². The summed E-state index contributed by atoms with van der Waals surface area (Å²) in [7, 11) is 0. The lowest BCUT2D eigenvalue weighted by Gasteiger charge is -1.94. The predicted octanol–water partition coefficient (Wildman–Crippen LogP) is 4.16. The van der Waals surface area contributed by atoms with Crippen molar-refractivity contribution in [1.29, 1.82) is 0 Å². The highest BCUT2D eigenvalue weighted by Crippen LogP contribution is 2.24. The zero-order valence-corrected chi connectivity index (χ0v) is 11.7. The first-order valence-electron chi connectivity index (χ1n) is 6.18. The minimum absolute atomic E-state index is 0.717. The van der Waals surface area contributed by atoms with Crippen molar-refractivity contribution in [1.82, 2.24) is 4.98 Å². The van der Waals surface area contributed by atoms with Crippen LogP contribution in [0.2, 0.25) is 0 Å². The van der Waals surface area contributed by atoms with Gasteiger partial charge in [0.05, 0.1) is 11.9 Å². The van der Waals surface area contributed by atoms with Gasteiger partial charge in [0, 0.05) is 10.9 Å². The normalized spacial score (nSPS) is 11.1. The SMILES string of the molecule is Cc1ccc(/C=N/Nc2nc(-c3ccccc3)cs2)o1. The number of benzene rings is 1. The monoisotopic (exact) mass is 283 g/mol. The lowest BCUT2D eigenvalue weighted by Crippen LogP contribution is -1.89. The van der Waals surface area contributed by atoms with Crippen molar-refractivity contribution in [3.8, 4) is 11.3 Å². The molecule has 0 aliphatic carbocycles. The molecule has 0 spiro atoms. The van der Waals surface area contributed by atoms with E-state index in [0.29, 0.717) is 0 Å². The summed E-state index contributed by atoms with van der Waals surface area (Å²) < 4.78 is 5.39. The molecular weight excluding hydrogens is 270 g/mol. The fourth-order valence-electron chi connectivity index (χ4n) is 1.74. The van der Waals surface area contributed by atoms with Gasteiger partial charge < -0.3 is 4.42 Å². The van der Waals surface area contributed by atoms with Gasteiger partial charge in [-0.05, 0) is 19.1 Å². The first-order valence-corrected chi connectivity index (χ1v) is 7.06. The van der Waals surface area contributed by atoms with Gasteiger partial charge in [-0.15, -0.1) is 11.3 Å². The standard InChI is InChI=1S/C15H13N3OS/c1-11-7-8-13(19-11)9-16-18-15-17-14(10-20-15)12-5-3-2-4-6-12/h2-10H,1H3,(H,17,18)/b16-9+. The van der Waals surface area contributed by atoms with Crippen molar-refractivity contribution in [2.45, 2.75) is 6.92 Å². The summed E-state index contributed by atoms with van der Waals surface area (Å²) in [5, 5.41) is 6.87. The Morgan fingerprint density at radius 1 is 1.20 bits per heavy atom. The molecule has 2 heterocycles. The molecule has 0 radical (unpaired) electrons. The summed E-state index contributed by atoms with van der Waals surface area (Å²) in [6.45, 7) is 1.90. The van der Waals surface area contributed by atoms with E-state index in [2.05, 4.69) is 15.5 Å². The van der Waals surface area contributed by atoms with Gasteiger partial charge in [0.2, 0.25) is 5.13 Å². The second-order valence-electron chi connectivity index (χ2n) is 4.22. The van der Waals surface area contributed by atoms with Gasteiger partial charge in [-0.3, -0.25) is 5.43 Å². The van der Waals surface area contributed by atoms with Gasteiger partial charge in [-0.2, -0.15) is 5.10 Å². The molecule has 0 unspecified atom stereocenters. The smallest absolute Gasteiger partial charge is 0.203 e. The van der Waals surface area contributed by atoms with Crippen LogP contribution in [0.1, 0.15) is 11.5 Å². The zero-order valence-electron chi connectivity index (χ0n) is 10.9. The van der Waals surface area contributed by atoms with Gasteiger partial charge >= 0.3 is 0 Å². The molecule has 0 fully saturated rings. The molecule has 0 aliphatic rings. The number of anilines is 1. The zero-order chi connectivity index (χ0) is 13.8. The average molecular weight is 283 g/mol. The van der Waals surface area contributed by atoms with Crippen LogP contribution in [-0.4, -0.2) is 11.2 Å². The molecule has 1 aromatic carbocycles. The molecule has 0 saturated carbocycles. The lowest BCUT2D eigenvalue weighted by atomic mass is 10.2. The minimum Gasteiger partial charge on any atom is -0.460 e. The Kier molecular flexibility index (Phi) is 3.60. The molecule has 0 bridgehead atoms. The molecule has 3 aromatic rings. The Balaban J connectivity index is 1.67. The van der Waals surface area contributed by atoms with Crippen LogP contribution in [0.25, 0.3) is 11.3 Å². The number of thiazole rings is 1. The minimum atomic E-state index is 0.717. The van der Waals surface area contributed by atoms with Crippen LogP contribution in [0.3, 0.4) is 0 Å². The molecule has 5 heteroatoms. The molecule has 2 aromatic heterocycles. The van der Waals surface area contributed by atoms with E-state index < -0.39 is 0 Å². The molecule has 20 heavy (non-hydrogen) atoms. The first kappa shape index (κ1) is 12.6. The third-order valence-electron chi connectivity index (χ3n) is 2.69. The Hall–Kier alpha value is -2.40. The Labute approximate surface area is 120 Å². The molecule has 0 saturated heterocycles. The third-order valence-corrected chi connectivity index (χ3v) is 3.43. The number of hydrazone groups is 1. The topological polar surface area (TPSA) is 50.4 Å². The number of nitrogens with zero attached hydrogens (tertiary/aromatic N) is 2. The summed E-state index contributed by atoms with van der Waals surface area (Å²) in [6, 6.07) is 13.8. The number of rotatable bonds is 4. The molecule has 3 rings (SSSR count). The van der Waals surface area contributed by atoms with E-state index in [-0.39, 0.29) is 0 Å². The van der Waals surface area contributed by atoms with Crippen LogP contribution in [-0.2, 0) is 0 Å². The Bertz CT molecular complexity index is 716. The third kappa shape index (κ3) is 2.95. The first-order chi connectivity index (χ1) is 9.81. The van der Waals surface area contributed by atoms with Crippen molar-refractivity contribution in [2.24, 2.45) is 5.10 Å². The highest BCUT2D eigenvalue weighted by atomic mass is 32.1. The largest absolute Gasteiger partial charge is 0.460 e. The Morgan fingerprint density at radius 2 is 2.05 bits per heavy atom. The highest BCUT2D eigenvalue weighted by Gasteiger charge is 2.02. The maximum atomic E-state index is 5.39. The molecule has 0 amide bonds. The van der Waals surface area contributed by atoms with E-state index in [0.717, 1.165) is 27.9 Å². The van der Waals surface area contributed by atoms with Crippen molar-refractivity contribution < 1.29 is 4.42 Å². The summed E-state index contributed by atoms with van der Waals surface area (Å²) in [6.07, 6.45) is 1.64. The van der Waals surface area contributed by atoms with Gasteiger partial charge in [0.1, 0.15) is 11.5 Å². The summed E-state index contributed by atoms with van der Waals surface area (Å²) in [4.78, 5) is 4.48. The van der Waals surface area contributed by atoms with Crippen molar-refractivity contribution in [2.75, 3.05) is 5.43 Å². The highest BCUT2D eigenvalue weighted by molar-refractivity contribution is 7.14. The van der Waals surface area contributed by atoms with Gasteiger partial charge in [0.25, 0.3) is 0 Å². The summed E-state index contributed by atoms with van der Waals surface area (Å²) in [5.41, 5.74) is 4.96. The van der Waals surface area contributed by atoms with E-state index >= 15 is 0 Å². The van der Waals surface area contributed by atoms with E-state index in [9.17, 15) is 0 Å². The summed E-state index contributed by atoms with van der Waals surface area (Å²) in [5.74, 6) is 1.59. The fourth-order valence-corrected chi connectivity index (χ4v) is 2.41.